The molecule has 1 aromatic carbocycles. The van der Waals surface area contributed by atoms with E-state index in [1.807, 2.05) is 13.8 Å². The summed E-state index contributed by atoms with van der Waals surface area (Å²) in [6, 6.07) is 7.23. The summed E-state index contributed by atoms with van der Waals surface area (Å²) < 4.78 is 5.07. The fourth-order valence-electron chi connectivity index (χ4n) is 2.36. The highest BCUT2D eigenvalue weighted by Gasteiger charge is 2.37. The lowest BCUT2D eigenvalue weighted by Crippen LogP contribution is -2.35. The molecule has 1 rings (SSSR count). The van der Waals surface area contributed by atoms with Gasteiger partial charge in [0.05, 0.1) is 18.2 Å². The summed E-state index contributed by atoms with van der Waals surface area (Å²) in [6.45, 7) is 3.94. The van der Waals surface area contributed by atoms with Gasteiger partial charge in [-0.25, -0.2) is 0 Å². The maximum Gasteiger partial charge on any atom is 0.244 e. The van der Waals surface area contributed by atoms with Crippen LogP contribution in [0.25, 0.3) is 0 Å². The Balaban J connectivity index is 2.96. The predicted octanol–water partition coefficient (Wildman–Crippen LogP) is 4.40. The summed E-state index contributed by atoms with van der Waals surface area (Å²) in [7, 11) is 1.53. The fourth-order valence-corrected chi connectivity index (χ4v) is 2.62. The number of nitriles is 1. The van der Waals surface area contributed by atoms with Crippen LogP contribution in [-0.4, -0.2) is 13.0 Å². The third-order valence-corrected chi connectivity index (χ3v) is 3.71. The lowest BCUT2D eigenvalue weighted by molar-refractivity contribution is -0.123. The number of rotatable bonds is 7. The number of amides is 1. The van der Waals surface area contributed by atoms with E-state index in [9.17, 15) is 10.1 Å². The van der Waals surface area contributed by atoms with Gasteiger partial charge in [-0.1, -0.05) is 38.3 Å². The number of methoxy groups -OCH3 is 1. The molecule has 0 aromatic heterocycles. The van der Waals surface area contributed by atoms with Crippen LogP contribution in [0.4, 0.5) is 5.69 Å². The highest BCUT2D eigenvalue weighted by Crippen LogP contribution is 2.32. The number of anilines is 1. The number of hydrogen-bond donors (Lipinski definition) is 1. The molecule has 0 aliphatic carbocycles. The second-order valence-corrected chi connectivity index (χ2v) is 5.40. The van der Waals surface area contributed by atoms with Crippen LogP contribution in [0, 0.1) is 16.7 Å². The molecule has 4 nitrogen and oxygen atoms in total. The van der Waals surface area contributed by atoms with E-state index < -0.39 is 5.41 Å². The fraction of sp³-hybridized carbons (Fsp3) is 0.500. The number of carbonyl (C=O) groups is 1. The second-order valence-electron chi connectivity index (χ2n) is 5.00. The van der Waals surface area contributed by atoms with Crippen molar-refractivity contribution in [3.8, 4) is 11.8 Å². The van der Waals surface area contributed by atoms with E-state index in [4.69, 9.17) is 16.3 Å². The summed E-state index contributed by atoms with van der Waals surface area (Å²) in [5.74, 6) is 0.276. The number of nitrogens with one attached hydrogen (secondary N) is 1. The van der Waals surface area contributed by atoms with E-state index in [1.165, 1.54) is 7.11 Å². The van der Waals surface area contributed by atoms with Gasteiger partial charge in [0.2, 0.25) is 5.91 Å². The zero-order chi connectivity index (χ0) is 15.9. The maximum absolute atomic E-state index is 12.5. The highest BCUT2D eigenvalue weighted by molar-refractivity contribution is 6.32. The third kappa shape index (κ3) is 4.12. The molecule has 0 fully saturated rings. The van der Waals surface area contributed by atoms with E-state index in [1.54, 1.807) is 18.2 Å². The average Bonchev–Trinajstić information content (AvgIpc) is 2.47. The van der Waals surface area contributed by atoms with Crippen molar-refractivity contribution < 1.29 is 9.53 Å². The van der Waals surface area contributed by atoms with Crippen LogP contribution < -0.4 is 10.1 Å². The molecule has 0 bridgehead atoms. The smallest absolute Gasteiger partial charge is 0.244 e. The maximum atomic E-state index is 12.5. The Morgan fingerprint density at radius 2 is 2.00 bits per heavy atom. The molecule has 0 heterocycles. The first-order valence-corrected chi connectivity index (χ1v) is 7.47. The Bertz CT molecular complexity index is 532. The van der Waals surface area contributed by atoms with Gasteiger partial charge in [-0.2, -0.15) is 5.26 Å². The van der Waals surface area contributed by atoms with Crippen molar-refractivity contribution >= 4 is 23.2 Å². The van der Waals surface area contributed by atoms with Crippen LogP contribution in [0.1, 0.15) is 39.5 Å². The number of hydrogen-bond acceptors (Lipinski definition) is 3. The van der Waals surface area contributed by atoms with Crippen molar-refractivity contribution in [3.05, 3.63) is 23.2 Å². The second kappa shape index (κ2) is 7.90. The molecule has 0 aliphatic heterocycles. The Morgan fingerprint density at radius 3 is 2.43 bits per heavy atom. The summed E-state index contributed by atoms with van der Waals surface area (Å²) in [5, 5.41) is 12.7. The molecule has 0 unspecified atom stereocenters. The molecule has 114 valence electrons. The van der Waals surface area contributed by atoms with Crippen LogP contribution >= 0.6 is 11.6 Å². The van der Waals surface area contributed by atoms with Crippen molar-refractivity contribution in [2.24, 2.45) is 5.41 Å². The van der Waals surface area contributed by atoms with E-state index in [0.29, 0.717) is 29.3 Å². The van der Waals surface area contributed by atoms with E-state index in [-0.39, 0.29) is 5.91 Å². The van der Waals surface area contributed by atoms with Crippen molar-refractivity contribution in [1.82, 2.24) is 0 Å². The van der Waals surface area contributed by atoms with Crippen LogP contribution in [0.3, 0.4) is 0 Å². The molecular weight excluding hydrogens is 288 g/mol. The summed E-state index contributed by atoms with van der Waals surface area (Å²) in [6.07, 6.45) is 2.66. The van der Waals surface area contributed by atoms with E-state index >= 15 is 0 Å². The molecule has 0 aliphatic rings. The molecular formula is C16H21ClN2O2. The minimum Gasteiger partial charge on any atom is -0.495 e. The van der Waals surface area contributed by atoms with Crippen LogP contribution in [-0.2, 0) is 4.79 Å². The van der Waals surface area contributed by atoms with E-state index in [0.717, 1.165) is 12.8 Å². The first kappa shape index (κ1) is 17.3. The summed E-state index contributed by atoms with van der Waals surface area (Å²) >= 11 is 6.04. The van der Waals surface area contributed by atoms with Gasteiger partial charge >= 0.3 is 0 Å². The van der Waals surface area contributed by atoms with Gasteiger partial charge in [-0.05, 0) is 31.0 Å². The highest BCUT2D eigenvalue weighted by atomic mass is 35.5. The third-order valence-electron chi connectivity index (χ3n) is 3.41. The van der Waals surface area contributed by atoms with Crippen molar-refractivity contribution in [1.29, 1.82) is 5.26 Å². The largest absolute Gasteiger partial charge is 0.495 e. The average molecular weight is 309 g/mol. The van der Waals surface area contributed by atoms with Crippen molar-refractivity contribution in [2.75, 3.05) is 12.4 Å². The standard InChI is InChI=1S/C16H21ClN2O2/c1-4-8-16(11-18,9-5-2)15(20)19-12-6-7-14(21-3)13(17)10-12/h6-7,10H,4-5,8-9H2,1-3H3,(H,19,20). The molecule has 0 radical (unpaired) electrons. The molecule has 0 atom stereocenters. The van der Waals surface area contributed by atoms with Crippen LogP contribution in [0.2, 0.25) is 5.02 Å². The van der Waals surface area contributed by atoms with Gasteiger partial charge in [0.15, 0.2) is 0 Å². The molecule has 0 spiro atoms. The normalized spacial score (nSPS) is 10.8. The van der Waals surface area contributed by atoms with Gasteiger partial charge in [0.25, 0.3) is 0 Å². The zero-order valence-electron chi connectivity index (χ0n) is 12.7. The Hall–Kier alpha value is -1.73. The molecule has 0 saturated carbocycles. The number of nitrogens with zero attached hydrogens (tertiary/aromatic N) is 1. The number of carbonyl (C=O) groups excluding carboxylic acids is 1. The molecule has 5 heteroatoms. The van der Waals surface area contributed by atoms with Crippen molar-refractivity contribution in [3.63, 3.8) is 0 Å². The Kier molecular flexibility index (Phi) is 6.51. The SMILES string of the molecule is CCCC(C#N)(CCC)C(=O)Nc1ccc(OC)c(Cl)c1. The minimum absolute atomic E-state index is 0.269. The molecule has 1 amide bonds. The van der Waals surface area contributed by atoms with Gasteiger partial charge in [0.1, 0.15) is 11.2 Å². The zero-order valence-corrected chi connectivity index (χ0v) is 13.5. The number of halogens is 1. The van der Waals surface area contributed by atoms with E-state index in [2.05, 4.69) is 11.4 Å². The number of ether oxygens (including phenoxy) is 1. The number of benzene rings is 1. The lowest BCUT2D eigenvalue weighted by atomic mass is 9.79. The predicted molar refractivity (Wildman–Crippen MR) is 84.5 cm³/mol. The summed E-state index contributed by atoms with van der Waals surface area (Å²) in [4.78, 5) is 12.5. The topological polar surface area (TPSA) is 62.1 Å². The lowest BCUT2D eigenvalue weighted by Gasteiger charge is -2.24. The quantitative estimate of drug-likeness (QED) is 0.812. The van der Waals surface area contributed by atoms with Crippen molar-refractivity contribution in [2.45, 2.75) is 39.5 Å². The molecule has 1 aromatic rings. The van der Waals surface area contributed by atoms with Gasteiger partial charge in [-0.15, -0.1) is 0 Å². The molecule has 1 N–H and O–H groups in total. The van der Waals surface area contributed by atoms with Gasteiger partial charge < -0.3 is 10.1 Å². The first-order chi connectivity index (χ1) is 10.0. The van der Waals surface area contributed by atoms with Crippen LogP contribution in [0.15, 0.2) is 18.2 Å². The minimum atomic E-state index is -0.976. The summed E-state index contributed by atoms with van der Waals surface area (Å²) in [5.41, 5.74) is -0.409. The Labute approximate surface area is 131 Å². The first-order valence-electron chi connectivity index (χ1n) is 7.09. The molecule has 21 heavy (non-hydrogen) atoms. The monoisotopic (exact) mass is 308 g/mol. The molecule has 0 saturated heterocycles. The van der Waals surface area contributed by atoms with Gasteiger partial charge in [-0.3, -0.25) is 4.79 Å². The van der Waals surface area contributed by atoms with Crippen LogP contribution in [0.5, 0.6) is 5.75 Å². The Morgan fingerprint density at radius 1 is 1.38 bits per heavy atom. The van der Waals surface area contributed by atoms with Gasteiger partial charge in [0, 0.05) is 5.69 Å².